The molecule has 0 atom stereocenters. The Labute approximate surface area is 94.4 Å². The van der Waals surface area contributed by atoms with Gasteiger partial charge in [-0.2, -0.15) is 0 Å². The highest BCUT2D eigenvalue weighted by atomic mass is 35.5. The van der Waals surface area contributed by atoms with Gasteiger partial charge in [0.25, 0.3) is 0 Å². The van der Waals surface area contributed by atoms with Crippen molar-refractivity contribution in [2.75, 3.05) is 13.2 Å². The van der Waals surface area contributed by atoms with Gasteiger partial charge in [0, 0.05) is 24.7 Å². The molecule has 1 aromatic heterocycles. The maximum absolute atomic E-state index is 6.15. The van der Waals surface area contributed by atoms with Gasteiger partial charge in [0.15, 0.2) is 0 Å². The van der Waals surface area contributed by atoms with Gasteiger partial charge in [-0.25, -0.2) is 0 Å². The number of ether oxygens (including phenoxy) is 1. The van der Waals surface area contributed by atoms with Crippen molar-refractivity contribution < 1.29 is 4.74 Å². The van der Waals surface area contributed by atoms with Gasteiger partial charge in [-0.1, -0.05) is 23.7 Å². The fraction of sp³-hybridized carbons (Fsp3) is 0.333. The number of aromatic nitrogens is 1. The standard InChI is InChI=1S/C12H14ClNO/c1-2-15-9-8-14-7-6-10-4-3-5-11(13)12(10)14/h3-7H,2,8-9H2,1H3. The predicted octanol–water partition coefficient (Wildman–Crippen LogP) is 3.33. The van der Waals surface area contributed by atoms with Crippen LogP contribution in [-0.4, -0.2) is 17.8 Å². The van der Waals surface area contributed by atoms with Crippen molar-refractivity contribution in [1.29, 1.82) is 0 Å². The topological polar surface area (TPSA) is 14.2 Å². The molecule has 0 spiro atoms. The van der Waals surface area contributed by atoms with E-state index in [4.69, 9.17) is 16.3 Å². The molecule has 2 aromatic rings. The minimum Gasteiger partial charge on any atom is -0.380 e. The van der Waals surface area contributed by atoms with Crippen LogP contribution in [0.4, 0.5) is 0 Å². The maximum atomic E-state index is 6.15. The van der Waals surface area contributed by atoms with E-state index >= 15 is 0 Å². The minimum atomic E-state index is 0.728. The second kappa shape index (κ2) is 4.69. The summed E-state index contributed by atoms with van der Waals surface area (Å²) in [5.41, 5.74) is 1.10. The van der Waals surface area contributed by atoms with E-state index in [0.29, 0.717) is 0 Å². The molecular formula is C12H14ClNO. The first-order chi connectivity index (χ1) is 7.33. The molecular weight excluding hydrogens is 210 g/mol. The van der Waals surface area contributed by atoms with Gasteiger partial charge in [-0.15, -0.1) is 0 Å². The predicted molar refractivity (Wildman–Crippen MR) is 63.4 cm³/mol. The Morgan fingerprint density at radius 2 is 2.20 bits per heavy atom. The molecule has 0 radical (unpaired) electrons. The average Bonchev–Trinajstić information content (AvgIpc) is 2.63. The molecule has 0 fully saturated rings. The Morgan fingerprint density at radius 1 is 1.33 bits per heavy atom. The molecule has 0 aliphatic heterocycles. The van der Waals surface area contributed by atoms with Crippen molar-refractivity contribution in [3.8, 4) is 0 Å². The van der Waals surface area contributed by atoms with Crippen molar-refractivity contribution in [3.63, 3.8) is 0 Å². The number of halogens is 1. The van der Waals surface area contributed by atoms with Gasteiger partial charge in [0.2, 0.25) is 0 Å². The molecule has 1 heterocycles. The number of benzene rings is 1. The lowest BCUT2D eigenvalue weighted by molar-refractivity contribution is 0.140. The molecule has 1 aromatic carbocycles. The van der Waals surface area contributed by atoms with Crippen LogP contribution in [0.15, 0.2) is 30.5 Å². The molecule has 2 rings (SSSR count). The van der Waals surface area contributed by atoms with Crippen molar-refractivity contribution in [1.82, 2.24) is 4.57 Å². The van der Waals surface area contributed by atoms with E-state index in [-0.39, 0.29) is 0 Å². The van der Waals surface area contributed by atoms with Crippen LogP contribution in [-0.2, 0) is 11.3 Å². The molecule has 0 unspecified atom stereocenters. The largest absolute Gasteiger partial charge is 0.380 e. The van der Waals surface area contributed by atoms with Gasteiger partial charge in [-0.3, -0.25) is 0 Å². The van der Waals surface area contributed by atoms with Gasteiger partial charge < -0.3 is 9.30 Å². The summed E-state index contributed by atoms with van der Waals surface area (Å²) in [5, 5.41) is 1.98. The molecule has 80 valence electrons. The van der Waals surface area contributed by atoms with E-state index in [1.807, 2.05) is 19.1 Å². The molecule has 0 aliphatic carbocycles. The number of para-hydroxylation sites is 1. The lowest BCUT2D eigenvalue weighted by atomic mass is 10.2. The summed E-state index contributed by atoms with van der Waals surface area (Å²) in [7, 11) is 0. The van der Waals surface area contributed by atoms with Crippen LogP contribution in [0.5, 0.6) is 0 Å². The summed E-state index contributed by atoms with van der Waals surface area (Å²) in [5.74, 6) is 0. The fourth-order valence-corrected chi connectivity index (χ4v) is 2.00. The van der Waals surface area contributed by atoms with Gasteiger partial charge in [-0.05, 0) is 19.1 Å². The van der Waals surface area contributed by atoms with Crippen LogP contribution in [0.1, 0.15) is 6.92 Å². The summed E-state index contributed by atoms with van der Waals surface area (Å²) in [6, 6.07) is 8.03. The zero-order valence-electron chi connectivity index (χ0n) is 8.74. The van der Waals surface area contributed by atoms with Crippen molar-refractivity contribution in [2.45, 2.75) is 13.5 Å². The lowest BCUT2D eigenvalue weighted by Gasteiger charge is -2.06. The fourth-order valence-electron chi connectivity index (χ4n) is 1.71. The van der Waals surface area contributed by atoms with Crippen molar-refractivity contribution >= 4 is 22.5 Å². The first-order valence-corrected chi connectivity index (χ1v) is 5.52. The normalized spacial score (nSPS) is 11.1. The summed E-state index contributed by atoms with van der Waals surface area (Å²) < 4.78 is 7.46. The molecule has 0 N–H and O–H groups in total. The third-order valence-electron chi connectivity index (χ3n) is 2.42. The molecule has 0 saturated heterocycles. The molecule has 0 amide bonds. The van der Waals surface area contributed by atoms with E-state index in [9.17, 15) is 0 Å². The Hall–Kier alpha value is -0.990. The van der Waals surface area contributed by atoms with Gasteiger partial charge in [0.1, 0.15) is 0 Å². The maximum Gasteiger partial charge on any atom is 0.0670 e. The highest BCUT2D eigenvalue weighted by molar-refractivity contribution is 6.35. The van der Waals surface area contributed by atoms with Crippen LogP contribution in [0.25, 0.3) is 10.9 Å². The van der Waals surface area contributed by atoms with Crippen LogP contribution in [0.2, 0.25) is 5.02 Å². The van der Waals surface area contributed by atoms with E-state index in [0.717, 1.165) is 30.3 Å². The Morgan fingerprint density at radius 3 is 3.00 bits per heavy atom. The summed E-state index contributed by atoms with van der Waals surface area (Å²) in [4.78, 5) is 0. The summed E-state index contributed by atoms with van der Waals surface area (Å²) in [6.45, 7) is 4.33. The zero-order valence-corrected chi connectivity index (χ0v) is 9.50. The molecule has 3 heteroatoms. The highest BCUT2D eigenvalue weighted by Gasteiger charge is 2.03. The van der Waals surface area contributed by atoms with E-state index in [2.05, 4.69) is 22.9 Å². The monoisotopic (exact) mass is 223 g/mol. The first kappa shape index (κ1) is 10.5. The number of nitrogens with zero attached hydrogens (tertiary/aromatic N) is 1. The molecule has 0 bridgehead atoms. The van der Waals surface area contributed by atoms with Gasteiger partial charge >= 0.3 is 0 Å². The number of hydrogen-bond donors (Lipinski definition) is 0. The molecule has 15 heavy (non-hydrogen) atoms. The number of rotatable bonds is 4. The van der Waals surface area contributed by atoms with Crippen molar-refractivity contribution in [3.05, 3.63) is 35.5 Å². The molecule has 2 nitrogen and oxygen atoms in total. The first-order valence-electron chi connectivity index (χ1n) is 5.14. The Kier molecular flexibility index (Phi) is 3.29. The molecule has 0 saturated carbocycles. The minimum absolute atomic E-state index is 0.728. The second-order valence-electron chi connectivity index (χ2n) is 3.38. The SMILES string of the molecule is CCOCCn1ccc2cccc(Cl)c21. The van der Waals surface area contributed by atoms with E-state index < -0.39 is 0 Å². The van der Waals surface area contributed by atoms with Crippen molar-refractivity contribution in [2.24, 2.45) is 0 Å². The highest BCUT2D eigenvalue weighted by Crippen LogP contribution is 2.24. The molecule has 0 aliphatic rings. The Bertz CT molecular complexity index is 450. The van der Waals surface area contributed by atoms with Gasteiger partial charge in [0.05, 0.1) is 17.1 Å². The van der Waals surface area contributed by atoms with E-state index in [1.54, 1.807) is 0 Å². The number of hydrogen-bond acceptors (Lipinski definition) is 1. The van der Waals surface area contributed by atoms with Crippen LogP contribution in [0.3, 0.4) is 0 Å². The van der Waals surface area contributed by atoms with Crippen LogP contribution >= 0.6 is 11.6 Å². The summed E-state index contributed by atoms with van der Waals surface area (Å²) in [6.07, 6.45) is 2.05. The van der Waals surface area contributed by atoms with Crippen LogP contribution in [0, 0.1) is 0 Å². The third-order valence-corrected chi connectivity index (χ3v) is 2.72. The zero-order chi connectivity index (χ0) is 10.7. The quantitative estimate of drug-likeness (QED) is 0.726. The number of fused-ring (bicyclic) bond motifs is 1. The summed E-state index contributed by atoms with van der Waals surface area (Å²) >= 11 is 6.15. The smallest absolute Gasteiger partial charge is 0.0670 e. The van der Waals surface area contributed by atoms with E-state index in [1.165, 1.54) is 5.39 Å². The Balaban J connectivity index is 2.27. The third kappa shape index (κ3) is 2.16. The second-order valence-corrected chi connectivity index (χ2v) is 3.79. The van der Waals surface area contributed by atoms with Crippen LogP contribution < -0.4 is 0 Å². The average molecular weight is 224 g/mol. The lowest BCUT2D eigenvalue weighted by Crippen LogP contribution is -2.04.